The standard InChI is InChI=1S/C6H4Br2.C6H8N2/c7-5-3-1-2-4-6(5)8;1-6(5-8)3-2-4-7/h1-4H;6H,2-3H2,1H3. The molecular formula is C12H12Br2N2. The van der Waals surface area contributed by atoms with Crippen molar-refractivity contribution in [1.29, 1.82) is 10.5 Å². The van der Waals surface area contributed by atoms with Crippen LogP contribution in [0.4, 0.5) is 0 Å². The number of benzene rings is 1. The van der Waals surface area contributed by atoms with Crippen LogP contribution in [0.2, 0.25) is 0 Å². The summed E-state index contributed by atoms with van der Waals surface area (Å²) in [6, 6.07) is 12.0. The summed E-state index contributed by atoms with van der Waals surface area (Å²) in [5.41, 5.74) is 0. The zero-order valence-corrected chi connectivity index (χ0v) is 12.1. The molecule has 1 aromatic carbocycles. The Morgan fingerprint density at radius 2 is 1.69 bits per heavy atom. The van der Waals surface area contributed by atoms with E-state index < -0.39 is 0 Å². The number of halogens is 2. The summed E-state index contributed by atoms with van der Waals surface area (Å²) >= 11 is 6.70. The van der Waals surface area contributed by atoms with Crippen LogP contribution in [0.25, 0.3) is 0 Å². The van der Waals surface area contributed by atoms with Crippen LogP contribution in [0.5, 0.6) is 0 Å². The molecule has 0 saturated heterocycles. The summed E-state index contributed by atoms with van der Waals surface area (Å²) in [4.78, 5) is 0. The van der Waals surface area contributed by atoms with Gasteiger partial charge in [-0.25, -0.2) is 0 Å². The lowest BCUT2D eigenvalue weighted by Crippen LogP contribution is -1.86. The van der Waals surface area contributed by atoms with Crippen molar-refractivity contribution in [2.45, 2.75) is 19.8 Å². The van der Waals surface area contributed by atoms with Crippen LogP contribution in [0.3, 0.4) is 0 Å². The van der Waals surface area contributed by atoms with Crippen molar-refractivity contribution >= 4 is 31.9 Å². The summed E-state index contributed by atoms with van der Waals surface area (Å²) in [5, 5.41) is 16.3. The molecule has 1 aromatic rings. The van der Waals surface area contributed by atoms with Crippen molar-refractivity contribution in [3.63, 3.8) is 0 Å². The minimum atomic E-state index is 0.0367. The molecule has 0 aliphatic heterocycles. The Labute approximate surface area is 113 Å². The van der Waals surface area contributed by atoms with Gasteiger partial charge in [0.05, 0.1) is 12.1 Å². The van der Waals surface area contributed by atoms with Gasteiger partial charge >= 0.3 is 0 Å². The van der Waals surface area contributed by atoms with E-state index in [0.717, 1.165) is 8.95 Å². The van der Waals surface area contributed by atoms with Crippen molar-refractivity contribution in [1.82, 2.24) is 0 Å². The number of rotatable bonds is 2. The van der Waals surface area contributed by atoms with Crippen molar-refractivity contribution in [3.8, 4) is 12.1 Å². The molecule has 0 aliphatic carbocycles. The van der Waals surface area contributed by atoms with Gasteiger partial charge in [-0.3, -0.25) is 0 Å². The van der Waals surface area contributed by atoms with E-state index in [1.807, 2.05) is 43.3 Å². The fourth-order valence-electron chi connectivity index (χ4n) is 0.785. The largest absolute Gasteiger partial charge is 0.198 e. The third-order valence-corrected chi connectivity index (χ3v) is 3.65. The van der Waals surface area contributed by atoms with Gasteiger partial charge in [-0.2, -0.15) is 10.5 Å². The summed E-state index contributed by atoms with van der Waals surface area (Å²) in [5.74, 6) is 0.0367. The number of nitriles is 2. The molecule has 0 N–H and O–H groups in total. The van der Waals surface area contributed by atoms with Gasteiger partial charge in [0.1, 0.15) is 0 Å². The topological polar surface area (TPSA) is 47.6 Å². The van der Waals surface area contributed by atoms with Gasteiger partial charge in [0, 0.05) is 21.3 Å². The highest BCUT2D eigenvalue weighted by Gasteiger charge is 1.95. The second-order valence-corrected chi connectivity index (χ2v) is 4.85. The van der Waals surface area contributed by atoms with Gasteiger partial charge in [-0.15, -0.1) is 0 Å². The quantitative estimate of drug-likeness (QED) is 0.783. The third-order valence-electron chi connectivity index (χ3n) is 1.73. The number of nitrogens with zero attached hydrogens (tertiary/aromatic N) is 2. The molecule has 2 nitrogen and oxygen atoms in total. The minimum Gasteiger partial charge on any atom is -0.198 e. The van der Waals surface area contributed by atoms with Gasteiger partial charge in [0.2, 0.25) is 0 Å². The van der Waals surface area contributed by atoms with Crippen LogP contribution < -0.4 is 0 Å². The molecule has 1 atom stereocenters. The Morgan fingerprint density at radius 3 is 2.00 bits per heavy atom. The van der Waals surface area contributed by atoms with Gasteiger partial charge in [-0.05, 0) is 57.3 Å². The normalized spacial score (nSPS) is 10.3. The molecule has 0 aliphatic rings. The van der Waals surface area contributed by atoms with E-state index in [1.54, 1.807) is 0 Å². The first-order valence-corrected chi connectivity index (χ1v) is 6.37. The van der Waals surface area contributed by atoms with Crippen molar-refractivity contribution in [3.05, 3.63) is 33.2 Å². The zero-order valence-electron chi connectivity index (χ0n) is 8.95. The lowest BCUT2D eigenvalue weighted by molar-refractivity contribution is 0.675. The molecule has 0 saturated carbocycles. The smallest absolute Gasteiger partial charge is 0.0653 e. The number of hydrogen-bond acceptors (Lipinski definition) is 2. The molecule has 4 heteroatoms. The molecule has 16 heavy (non-hydrogen) atoms. The molecule has 0 fully saturated rings. The molecule has 84 valence electrons. The Morgan fingerprint density at radius 1 is 1.19 bits per heavy atom. The Balaban J connectivity index is 0.000000281. The SMILES string of the molecule is Brc1ccccc1Br.CC(C#N)CCC#N. The first kappa shape index (κ1) is 15.2. The highest BCUT2D eigenvalue weighted by molar-refractivity contribution is 9.13. The fourth-order valence-corrected chi connectivity index (χ4v) is 1.35. The van der Waals surface area contributed by atoms with E-state index >= 15 is 0 Å². The highest BCUT2D eigenvalue weighted by atomic mass is 79.9. The molecule has 0 aromatic heterocycles. The molecule has 0 radical (unpaired) electrons. The van der Waals surface area contributed by atoms with Crippen LogP contribution in [0.1, 0.15) is 19.8 Å². The van der Waals surface area contributed by atoms with Crippen molar-refractivity contribution < 1.29 is 0 Å². The van der Waals surface area contributed by atoms with Crippen molar-refractivity contribution in [2.75, 3.05) is 0 Å². The Hall–Kier alpha value is -0.840. The first-order chi connectivity index (χ1) is 7.61. The van der Waals surface area contributed by atoms with Crippen molar-refractivity contribution in [2.24, 2.45) is 5.92 Å². The van der Waals surface area contributed by atoms with Crippen LogP contribution >= 0.6 is 31.9 Å². The van der Waals surface area contributed by atoms with E-state index in [-0.39, 0.29) is 5.92 Å². The molecule has 1 rings (SSSR count). The van der Waals surface area contributed by atoms with Gasteiger partial charge in [0.25, 0.3) is 0 Å². The Kier molecular flexibility index (Phi) is 8.90. The minimum absolute atomic E-state index is 0.0367. The molecule has 0 bridgehead atoms. The van der Waals surface area contributed by atoms with Gasteiger partial charge in [0.15, 0.2) is 0 Å². The van der Waals surface area contributed by atoms with Crippen LogP contribution in [-0.2, 0) is 0 Å². The maximum atomic E-state index is 8.20. The molecule has 0 amide bonds. The van der Waals surface area contributed by atoms with Gasteiger partial charge in [-0.1, -0.05) is 12.1 Å². The monoisotopic (exact) mass is 342 g/mol. The van der Waals surface area contributed by atoms with Crippen LogP contribution in [0.15, 0.2) is 33.2 Å². The second kappa shape index (κ2) is 9.39. The maximum Gasteiger partial charge on any atom is 0.0653 e. The molecule has 1 unspecified atom stereocenters. The lowest BCUT2D eigenvalue weighted by atomic mass is 10.1. The maximum absolute atomic E-state index is 8.20. The summed E-state index contributed by atoms with van der Waals surface area (Å²) in [6.45, 7) is 1.82. The number of hydrogen-bond donors (Lipinski definition) is 0. The van der Waals surface area contributed by atoms with E-state index in [2.05, 4.69) is 31.9 Å². The second-order valence-electron chi connectivity index (χ2n) is 3.14. The van der Waals surface area contributed by atoms with Crippen LogP contribution in [0, 0.1) is 28.6 Å². The first-order valence-electron chi connectivity index (χ1n) is 4.78. The third kappa shape index (κ3) is 7.45. The van der Waals surface area contributed by atoms with Gasteiger partial charge < -0.3 is 0 Å². The molecule has 0 spiro atoms. The van der Waals surface area contributed by atoms with E-state index in [0.29, 0.717) is 12.8 Å². The fraction of sp³-hybridized carbons (Fsp3) is 0.333. The van der Waals surface area contributed by atoms with E-state index in [9.17, 15) is 0 Å². The summed E-state index contributed by atoms with van der Waals surface area (Å²) < 4.78 is 2.19. The molecular weight excluding hydrogens is 332 g/mol. The summed E-state index contributed by atoms with van der Waals surface area (Å²) in [7, 11) is 0. The predicted molar refractivity (Wildman–Crippen MR) is 71.5 cm³/mol. The average Bonchev–Trinajstić information content (AvgIpc) is 2.30. The predicted octanol–water partition coefficient (Wildman–Crippen LogP) is 4.66. The lowest BCUT2D eigenvalue weighted by Gasteiger charge is -1.91. The zero-order chi connectivity index (χ0) is 12.4. The van der Waals surface area contributed by atoms with E-state index in [1.165, 1.54) is 0 Å². The summed E-state index contributed by atoms with van der Waals surface area (Å²) in [6.07, 6.45) is 1.20. The van der Waals surface area contributed by atoms with E-state index in [4.69, 9.17) is 10.5 Å². The van der Waals surface area contributed by atoms with Crippen LogP contribution in [-0.4, -0.2) is 0 Å². The molecule has 0 heterocycles. The average molecular weight is 344 g/mol. The highest BCUT2D eigenvalue weighted by Crippen LogP contribution is 2.20. The Bertz CT molecular complexity index is 370.